The smallest absolute Gasteiger partial charge is 0.228 e. The molecule has 0 aromatic heterocycles. The molecule has 1 aromatic rings. The number of rotatable bonds is 2. The van der Waals surface area contributed by atoms with Gasteiger partial charge in [-0.3, -0.25) is 4.79 Å². The Bertz CT molecular complexity index is 525. The fourth-order valence-electron chi connectivity index (χ4n) is 2.29. The van der Waals surface area contributed by atoms with E-state index in [1.165, 1.54) is 11.0 Å². The predicted molar refractivity (Wildman–Crippen MR) is 65.0 cm³/mol. The van der Waals surface area contributed by atoms with Crippen LogP contribution < -0.4 is 0 Å². The Labute approximate surface area is 110 Å². The molecule has 1 saturated heterocycles. The molecular formula is C14H14F2N2O. The van der Waals surface area contributed by atoms with Crippen molar-refractivity contribution in [2.45, 2.75) is 31.7 Å². The van der Waals surface area contributed by atoms with Crippen molar-refractivity contribution in [3.63, 3.8) is 0 Å². The van der Waals surface area contributed by atoms with Crippen molar-refractivity contribution in [1.82, 2.24) is 4.90 Å². The zero-order chi connectivity index (χ0) is 13.8. The van der Waals surface area contributed by atoms with Gasteiger partial charge in [-0.15, -0.1) is 0 Å². The fourth-order valence-corrected chi connectivity index (χ4v) is 2.29. The van der Waals surface area contributed by atoms with E-state index in [4.69, 9.17) is 5.26 Å². The van der Waals surface area contributed by atoms with Crippen LogP contribution in [0.1, 0.15) is 24.8 Å². The highest BCUT2D eigenvalue weighted by Crippen LogP contribution is 2.19. The van der Waals surface area contributed by atoms with Crippen LogP contribution >= 0.6 is 0 Å². The second-order valence-electron chi connectivity index (χ2n) is 4.64. The van der Waals surface area contributed by atoms with Crippen molar-refractivity contribution in [2.24, 2.45) is 0 Å². The van der Waals surface area contributed by atoms with Gasteiger partial charge in [0.15, 0.2) is 0 Å². The lowest BCUT2D eigenvalue weighted by atomic mass is 10.0. The first-order chi connectivity index (χ1) is 9.11. The molecule has 0 aliphatic carbocycles. The lowest BCUT2D eigenvalue weighted by Gasteiger charge is -2.31. The molecule has 1 aliphatic rings. The molecule has 19 heavy (non-hydrogen) atoms. The zero-order valence-electron chi connectivity index (χ0n) is 10.4. The van der Waals surface area contributed by atoms with E-state index in [2.05, 4.69) is 6.07 Å². The molecule has 1 atom stereocenters. The number of likely N-dealkylation sites (tertiary alicyclic amines) is 1. The van der Waals surface area contributed by atoms with Gasteiger partial charge >= 0.3 is 0 Å². The quantitative estimate of drug-likeness (QED) is 0.823. The maximum atomic E-state index is 13.5. The molecule has 1 aliphatic heterocycles. The van der Waals surface area contributed by atoms with Gasteiger partial charge in [-0.05, 0) is 30.9 Å². The highest BCUT2D eigenvalue weighted by molar-refractivity contribution is 5.79. The van der Waals surface area contributed by atoms with Crippen LogP contribution in [-0.2, 0) is 11.2 Å². The normalized spacial score (nSPS) is 19.0. The maximum Gasteiger partial charge on any atom is 0.228 e. The molecule has 5 heteroatoms. The van der Waals surface area contributed by atoms with Gasteiger partial charge in [0, 0.05) is 12.6 Å². The number of hydrogen-bond acceptors (Lipinski definition) is 2. The molecule has 1 amide bonds. The molecule has 1 aromatic carbocycles. The molecule has 0 saturated carbocycles. The summed E-state index contributed by atoms with van der Waals surface area (Å²) in [6, 6.07) is 4.83. The number of carbonyl (C=O) groups excluding carboxylic acids is 1. The van der Waals surface area contributed by atoms with Crippen molar-refractivity contribution in [2.75, 3.05) is 6.54 Å². The van der Waals surface area contributed by atoms with E-state index in [1.807, 2.05) is 0 Å². The van der Waals surface area contributed by atoms with Crippen molar-refractivity contribution >= 4 is 5.91 Å². The van der Waals surface area contributed by atoms with Crippen LogP contribution in [0.5, 0.6) is 0 Å². The van der Waals surface area contributed by atoms with Crippen LogP contribution in [0.25, 0.3) is 0 Å². The molecule has 100 valence electrons. The Morgan fingerprint density at radius 2 is 2.21 bits per heavy atom. The van der Waals surface area contributed by atoms with E-state index in [0.717, 1.165) is 25.0 Å². The average molecular weight is 264 g/mol. The van der Waals surface area contributed by atoms with Crippen molar-refractivity contribution < 1.29 is 13.6 Å². The molecule has 2 rings (SSSR count). The third kappa shape index (κ3) is 3.08. The number of amides is 1. The lowest BCUT2D eigenvalue weighted by molar-refractivity contribution is -0.132. The molecule has 0 N–H and O–H groups in total. The van der Waals surface area contributed by atoms with Gasteiger partial charge in [0.1, 0.15) is 17.7 Å². The van der Waals surface area contributed by atoms with Crippen LogP contribution in [0.2, 0.25) is 0 Å². The van der Waals surface area contributed by atoms with E-state index in [-0.39, 0.29) is 17.9 Å². The first kappa shape index (κ1) is 13.5. The SMILES string of the molecule is N#CC1CCCCN1C(=O)Cc1ccc(F)cc1F. The maximum absolute atomic E-state index is 13.5. The van der Waals surface area contributed by atoms with Crippen molar-refractivity contribution in [3.05, 3.63) is 35.4 Å². The van der Waals surface area contributed by atoms with Crippen molar-refractivity contribution in [1.29, 1.82) is 5.26 Å². The Morgan fingerprint density at radius 1 is 1.42 bits per heavy atom. The van der Waals surface area contributed by atoms with Crippen LogP contribution in [-0.4, -0.2) is 23.4 Å². The van der Waals surface area contributed by atoms with Gasteiger partial charge in [-0.1, -0.05) is 6.07 Å². The third-order valence-corrected chi connectivity index (χ3v) is 3.33. The average Bonchev–Trinajstić information content (AvgIpc) is 2.41. The van der Waals surface area contributed by atoms with Crippen LogP contribution in [0.3, 0.4) is 0 Å². The summed E-state index contributed by atoms with van der Waals surface area (Å²) < 4.78 is 26.3. The standard InChI is InChI=1S/C14H14F2N2O/c15-11-5-4-10(13(16)8-11)7-14(19)18-6-2-1-3-12(18)9-17/h4-5,8,12H,1-3,6-7H2. The number of hydrogen-bond donors (Lipinski definition) is 0. The Morgan fingerprint density at radius 3 is 2.89 bits per heavy atom. The van der Waals surface area contributed by atoms with Gasteiger partial charge in [0.25, 0.3) is 0 Å². The van der Waals surface area contributed by atoms with Crippen LogP contribution in [0, 0.1) is 23.0 Å². The topological polar surface area (TPSA) is 44.1 Å². The summed E-state index contributed by atoms with van der Waals surface area (Å²) in [5.41, 5.74) is 0.161. The Hall–Kier alpha value is -1.96. The number of nitrogens with zero attached hydrogens (tertiary/aromatic N) is 2. The first-order valence-corrected chi connectivity index (χ1v) is 6.25. The van der Waals surface area contributed by atoms with Crippen LogP contribution in [0.15, 0.2) is 18.2 Å². The number of piperidine rings is 1. The van der Waals surface area contributed by atoms with Crippen LogP contribution in [0.4, 0.5) is 8.78 Å². The summed E-state index contributed by atoms with van der Waals surface area (Å²) in [6.45, 7) is 0.528. The summed E-state index contributed by atoms with van der Waals surface area (Å²) in [6.07, 6.45) is 2.31. The number of carbonyl (C=O) groups is 1. The Balaban J connectivity index is 2.10. The largest absolute Gasteiger partial charge is 0.326 e. The fraction of sp³-hybridized carbons (Fsp3) is 0.429. The monoisotopic (exact) mass is 264 g/mol. The highest BCUT2D eigenvalue weighted by Gasteiger charge is 2.26. The van der Waals surface area contributed by atoms with E-state index < -0.39 is 17.7 Å². The van der Waals surface area contributed by atoms with E-state index >= 15 is 0 Å². The van der Waals surface area contributed by atoms with Gasteiger partial charge in [-0.2, -0.15) is 5.26 Å². The number of halogens is 2. The van der Waals surface area contributed by atoms with Gasteiger partial charge in [0.2, 0.25) is 5.91 Å². The van der Waals surface area contributed by atoms with Gasteiger partial charge in [-0.25, -0.2) is 8.78 Å². The molecule has 0 bridgehead atoms. The molecule has 1 unspecified atom stereocenters. The summed E-state index contributed by atoms with van der Waals surface area (Å²) >= 11 is 0. The zero-order valence-corrected chi connectivity index (χ0v) is 10.4. The molecule has 1 fully saturated rings. The van der Waals surface area contributed by atoms with E-state index in [9.17, 15) is 13.6 Å². The highest BCUT2D eigenvalue weighted by atomic mass is 19.1. The van der Waals surface area contributed by atoms with E-state index in [0.29, 0.717) is 13.0 Å². The van der Waals surface area contributed by atoms with Gasteiger partial charge in [0.05, 0.1) is 12.5 Å². The Kier molecular flexibility index (Phi) is 4.10. The second-order valence-corrected chi connectivity index (χ2v) is 4.64. The first-order valence-electron chi connectivity index (χ1n) is 6.25. The second kappa shape index (κ2) is 5.79. The van der Waals surface area contributed by atoms with Crippen molar-refractivity contribution in [3.8, 4) is 6.07 Å². The summed E-state index contributed by atoms with van der Waals surface area (Å²) in [5.74, 6) is -1.67. The number of benzene rings is 1. The predicted octanol–water partition coefficient (Wildman–Crippen LogP) is 2.41. The lowest BCUT2D eigenvalue weighted by Crippen LogP contribution is -2.43. The molecule has 3 nitrogen and oxygen atoms in total. The number of nitriles is 1. The molecule has 1 heterocycles. The third-order valence-electron chi connectivity index (χ3n) is 3.33. The van der Waals surface area contributed by atoms with Gasteiger partial charge < -0.3 is 4.90 Å². The molecule has 0 spiro atoms. The molecular weight excluding hydrogens is 250 g/mol. The summed E-state index contributed by atoms with van der Waals surface area (Å²) in [5, 5.41) is 9.00. The molecule has 0 radical (unpaired) electrons. The summed E-state index contributed by atoms with van der Waals surface area (Å²) in [7, 11) is 0. The minimum absolute atomic E-state index is 0.135. The minimum Gasteiger partial charge on any atom is -0.326 e. The minimum atomic E-state index is -0.723. The summed E-state index contributed by atoms with van der Waals surface area (Å²) in [4.78, 5) is 13.6. The van der Waals surface area contributed by atoms with E-state index in [1.54, 1.807) is 0 Å².